The number of rotatable bonds is 11. The van der Waals surface area contributed by atoms with Gasteiger partial charge in [-0.1, -0.05) is 0 Å². The van der Waals surface area contributed by atoms with Crippen LogP contribution in [0.3, 0.4) is 0 Å². The van der Waals surface area contributed by atoms with E-state index < -0.39 is 22.9 Å². The number of unbranched alkanes of at least 4 members (excludes halogenated alkanes) is 1. The zero-order valence-electron chi connectivity index (χ0n) is 8.85. The summed E-state index contributed by atoms with van der Waals surface area (Å²) in [5.74, 6) is 0. The van der Waals surface area contributed by atoms with E-state index >= 15 is 0 Å². The molecule has 0 aliphatic rings. The molecule has 0 fully saturated rings. The topological polar surface area (TPSA) is 131 Å². The lowest BCUT2D eigenvalue weighted by Crippen LogP contribution is -2.24. The highest BCUT2D eigenvalue weighted by Crippen LogP contribution is 2.06. The lowest BCUT2D eigenvalue weighted by molar-refractivity contribution is -0.790. The first-order chi connectivity index (χ1) is 8.06. The first-order valence-electron chi connectivity index (χ1n) is 4.70. The fourth-order valence-electron chi connectivity index (χ4n) is 1.04. The second-order valence-corrected chi connectivity index (χ2v) is 2.93. The summed E-state index contributed by atoms with van der Waals surface area (Å²) in [6, 6.07) is 0. The van der Waals surface area contributed by atoms with Gasteiger partial charge in [-0.15, -0.1) is 20.2 Å². The van der Waals surface area contributed by atoms with Crippen LogP contribution in [0.15, 0.2) is 0 Å². The van der Waals surface area contributed by atoms with E-state index in [1.165, 1.54) is 0 Å². The largest absolute Gasteiger partial charge is 0.468 e. The van der Waals surface area contributed by atoms with Crippen molar-refractivity contribution in [3.05, 3.63) is 20.2 Å². The molecule has 1 unspecified atom stereocenters. The third-order valence-electron chi connectivity index (χ3n) is 1.71. The van der Waals surface area contributed by atoms with E-state index in [0.717, 1.165) is 0 Å². The Morgan fingerprint density at radius 2 is 1.88 bits per heavy atom. The third kappa shape index (κ3) is 10.2. The molecule has 0 saturated heterocycles. The molecular weight excluding hydrogens is 240 g/mol. The molecule has 0 rings (SSSR count). The maximum absolute atomic E-state index is 10.1. The fourth-order valence-corrected chi connectivity index (χ4v) is 1.04. The van der Waals surface area contributed by atoms with Gasteiger partial charge in [0.15, 0.2) is 0 Å². The third-order valence-corrected chi connectivity index (χ3v) is 1.71. The Labute approximate surface area is 95.6 Å². The highest BCUT2D eigenvalue weighted by Gasteiger charge is 2.15. The van der Waals surface area contributed by atoms with Gasteiger partial charge in [0.2, 0.25) is 0 Å². The van der Waals surface area contributed by atoms with Crippen molar-refractivity contribution in [2.24, 2.45) is 0 Å². The van der Waals surface area contributed by atoms with Crippen LogP contribution in [0, 0.1) is 20.2 Å². The monoisotopic (exact) mass is 252 g/mol. The van der Waals surface area contributed by atoms with Crippen molar-refractivity contribution >= 4 is 6.47 Å². The molecule has 0 heterocycles. The highest BCUT2D eigenvalue weighted by atomic mass is 17.0. The first-order valence-corrected chi connectivity index (χ1v) is 4.70. The zero-order valence-corrected chi connectivity index (χ0v) is 8.85. The van der Waals surface area contributed by atoms with E-state index in [1.54, 1.807) is 0 Å². The predicted molar refractivity (Wildman–Crippen MR) is 50.7 cm³/mol. The zero-order chi connectivity index (χ0) is 13.1. The minimum atomic E-state index is -1.05. The maximum atomic E-state index is 10.1. The molecule has 0 N–H and O–H groups in total. The Morgan fingerprint density at radius 1 is 1.18 bits per heavy atom. The van der Waals surface area contributed by atoms with Gasteiger partial charge in [-0.25, -0.2) is 0 Å². The van der Waals surface area contributed by atoms with Crippen molar-refractivity contribution in [2.45, 2.75) is 25.4 Å². The van der Waals surface area contributed by atoms with E-state index in [4.69, 9.17) is 0 Å². The van der Waals surface area contributed by atoms with E-state index in [9.17, 15) is 25.0 Å². The summed E-state index contributed by atoms with van der Waals surface area (Å²) in [6.07, 6.45) is 0.116. The van der Waals surface area contributed by atoms with Crippen molar-refractivity contribution in [1.29, 1.82) is 0 Å². The van der Waals surface area contributed by atoms with Gasteiger partial charge in [0.25, 0.3) is 16.6 Å². The van der Waals surface area contributed by atoms with Gasteiger partial charge < -0.3 is 14.4 Å². The summed E-state index contributed by atoms with van der Waals surface area (Å²) >= 11 is 0. The summed E-state index contributed by atoms with van der Waals surface area (Å²) in [6.45, 7) is -0.0336. The summed E-state index contributed by atoms with van der Waals surface area (Å²) in [5, 5.41) is 17.9. The molecule has 17 heavy (non-hydrogen) atoms. The molecule has 0 aromatic heterocycles. The predicted octanol–water partition coefficient (Wildman–Crippen LogP) is 0.115. The van der Waals surface area contributed by atoms with Gasteiger partial charge >= 0.3 is 0 Å². The second kappa shape index (κ2) is 9.12. The minimum Gasteiger partial charge on any atom is -0.468 e. The molecule has 10 heteroatoms. The van der Waals surface area contributed by atoms with Gasteiger partial charge in [0.05, 0.1) is 6.61 Å². The Kier molecular flexibility index (Phi) is 7.98. The Morgan fingerprint density at radius 3 is 2.41 bits per heavy atom. The van der Waals surface area contributed by atoms with Crippen LogP contribution in [0.25, 0.3) is 0 Å². The van der Waals surface area contributed by atoms with Crippen molar-refractivity contribution in [2.75, 3.05) is 13.2 Å². The number of carbonyl (C=O) groups excluding carboxylic acids is 1. The van der Waals surface area contributed by atoms with Gasteiger partial charge in [0, 0.05) is 0 Å². The normalized spacial score (nSPS) is 11.3. The lowest BCUT2D eigenvalue weighted by atomic mass is 10.2. The number of hydrogen-bond donors (Lipinski definition) is 0. The van der Waals surface area contributed by atoms with Crippen LogP contribution in [0.2, 0.25) is 0 Å². The maximum Gasteiger partial charge on any atom is 0.294 e. The van der Waals surface area contributed by atoms with Crippen LogP contribution in [-0.2, 0) is 19.2 Å². The fraction of sp³-hybridized carbons (Fsp3) is 0.857. The van der Waals surface area contributed by atoms with E-state index in [2.05, 4.69) is 14.4 Å². The molecule has 0 bridgehead atoms. The van der Waals surface area contributed by atoms with Crippen molar-refractivity contribution in [3.8, 4) is 0 Å². The molecule has 0 aromatic carbocycles. The van der Waals surface area contributed by atoms with E-state index in [0.29, 0.717) is 19.3 Å². The van der Waals surface area contributed by atoms with Crippen LogP contribution in [0.5, 0.6) is 0 Å². The SMILES string of the molecule is O=COCCCCC(CO[N+](=O)[O-])O[N+](=O)[O-]. The first kappa shape index (κ1) is 14.9. The molecule has 0 saturated carbocycles. The van der Waals surface area contributed by atoms with Gasteiger partial charge in [-0.05, 0) is 19.3 Å². The summed E-state index contributed by atoms with van der Waals surface area (Å²) in [4.78, 5) is 38.0. The number of carbonyl (C=O) groups is 1. The number of ether oxygens (including phenoxy) is 1. The Bertz CT molecular complexity index is 258. The van der Waals surface area contributed by atoms with Crippen molar-refractivity contribution in [3.63, 3.8) is 0 Å². The molecular formula is C7H12N2O8. The lowest BCUT2D eigenvalue weighted by Gasteiger charge is -2.12. The van der Waals surface area contributed by atoms with Crippen LogP contribution in [-0.4, -0.2) is 36.0 Å². The van der Waals surface area contributed by atoms with Crippen LogP contribution in [0.1, 0.15) is 19.3 Å². The molecule has 1 atom stereocenters. The molecule has 0 spiro atoms. The Balaban J connectivity index is 3.80. The molecule has 0 aromatic rings. The molecule has 0 aliphatic heterocycles. The molecule has 98 valence electrons. The summed E-state index contributed by atoms with van der Waals surface area (Å²) in [5.41, 5.74) is 0. The van der Waals surface area contributed by atoms with Gasteiger partial charge in [-0.3, -0.25) is 4.79 Å². The average Bonchev–Trinajstić information content (AvgIpc) is 2.24. The van der Waals surface area contributed by atoms with Crippen molar-refractivity contribution < 1.29 is 29.4 Å². The number of nitrogens with zero attached hydrogens (tertiary/aromatic N) is 2. The molecule has 0 amide bonds. The molecule has 0 aliphatic carbocycles. The minimum absolute atomic E-state index is 0.185. The van der Waals surface area contributed by atoms with E-state index in [1.807, 2.05) is 0 Å². The smallest absolute Gasteiger partial charge is 0.294 e. The summed E-state index contributed by atoms with van der Waals surface area (Å²) < 4.78 is 4.40. The average molecular weight is 252 g/mol. The number of hydrogen-bond acceptors (Lipinski definition) is 8. The molecule has 10 nitrogen and oxygen atoms in total. The van der Waals surface area contributed by atoms with Gasteiger partial charge in [0.1, 0.15) is 12.7 Å². The van der Waals surface area contributed by atoms with Gasteiger partial charge in [-0.2, -0.15) is 0 Å². The standard InChI is InChI=1S/C7H12N2O8/c10-6-15-4-2-1-3-7(17-9(13)14)5-16-8(11)12/h6-7H,1-5H2. The Hall–Kier alpha value is -2.13. The second-order valence-electron chi connectivity index (χ2n) is 2.93. The quantitative estimate of drug-likeness (QED) is 0.219. The van der Waals surface area contributed by atoms with Crippen molar-refractivity contribution in [1.82, 2.24) is 0 Å². The van der Waals surface area contributed by atoms with Crippen LogP contribution < -0.4 is 0 Å². The van der Waals surface area contributed by atoms with Crippen LogP contribution in [0.4, 0.5) is 0 Å². The van der Waals surface area contributed by atoms with Crippen LogP contribution >= 0.6 is 0 Å². The highest BCUT2D eigenvalue weighted by molar-refractivity contribution is 5.36. The van der Waals surface area contributed by atoms with E-state index in [-0.39, 0.29) is 13.0 Å². The molecule has 0 radical (unpaired) electrons. The summed E-state index contributed by atoms with van der Waals surface area (Å²) in [7, 11) is 0.